The van der Waals surface area contributed by atoms with E-state index in [2.05, 4.69) is 15.3 Å². The summed E-state index contributed by atoms with van der Waals surface area (Å²) in [6, 6.07) is 3.98. The molecule has 0 fully saturated rings. The monoisotopic (exact) mass is 147 g/mol. The maximum absolute atomic E-state index is 4.17. The van der Waals surface area contributed by atoms with Crippen LogP contribution in [-0.4, -0.2) is 17.0 Å². The molecule has 3 heteroatoms. The molecule has 2 heterocycles. The summed E-state index contributed by atoms with van der Waals surface area (Å²) in [4.78, 5) is 7.28. The first kappa shape index (κ1) is 6.22. The zero-order valence-corrected chi connectivity index (χ0v) is 6.26. The van der Waals surface area contributed by atoms with Crippen LogP contribution >= 0.6 is 0 Å². The SMILES string of the molecule is CNc1cc2[nH]ccc2cn1. The van der Waals surface area contributed by atoms with Gasteiger partial charge in [-0.15, -0.1) is 0 Å². The number of aromatic nitrogens is 2. The van der Waals surface area contributed by atoms with E-state index in [0.717, 1.165) is 16.7 Å². The van der Waals surface area contributed by atoms with E-state index in [1.807, 2.05) is 31.6 Å². The summed E-state index contributed by atoms with van der Waals surface area (Å²) in [5, 5.41) is 4.12. The van der Waals surface area contributed by atoms with Crippen LogP contribution in [0, 0.1) is 0 Å². The van der Waals surface area contributed by atoms with Gasteiger partial charge in [-0.3, -0.25) is 0 Å². The van der Waals surface area contributed by atoms with Gasteiger partial charge in [-0.2, -0.15) is 0 Å². The highest BCUT2D eigenvalue weighted by Gasteiger charge is 1.94. The van der Waals surface area contributed by atoms with Crippen molar-refractivity contribution in [2.75, 3.05) is 12.4 Å². The number of rotatable bonds is 1. The van der Waals surface area contributed by atoms with Gasteiger partial charge in [0, 0.05) is 30.9 Å². The topological polar surface area (TPSA) is 40.7 Å². The molecule has 0 aromatic carbocycles. The smallest absolute Gasteiger partial charge is 0.127 e. The van der Waals surface area contributed by atoms with Crippen molar-refractivity contribution in [1.82, 2.24) is 9.97 Å². The quantitative estimate of drug-likeness (QED) is 0.643. The molecule has 0 saturated carbocycles. The highest BCUT2D eigenvalue weighted by atomic mass is 15.0. The molecule has 0 aliphatic heterocycles. The van der Waals surface area contributed by atoms with Crippen LogP contribution in [0.1, 0.15) is 0 Å². The molecule has 2 N–H and O–H groups in total. The van der Waals surface area contributed by atoms with Crippen LogP contribution in [-0.2, 0) is 0 Å². The first-order chi connectivity index (χ1) is 5.40. The summed E-state index contributed by atoms with van der Waals surface area (Å²) in [6.07, 6.45) is 3.75. The van der Waals surface area contributed by atoms with Gasteiger partial charge in [0.05, 0.1) is 5.52 Å². The highest BCUT2D eigenvalue weighted by molar-refractivity contribution is 5.80. The molecule has 0 amide bonds. The summed E-state index contributed by atoms with van der Waals surface area (Å²) >= 11 is 0. The van der Waals surface area contributed by atoms with Crippen LogP contribution in [0.25, 0.3) is 10.9 Å². The van der Waals surface area contributed by atoms with Gasteiger partial charge < -0.3 is 10.3 Å². The molecule has 0 saturated heterocycles. The Bertz CT molecular complexity index is 364. The van der Waals surface area contributed by atoms with Crippen molar-refractivity contribution in [1.29, 1.82) is 0 Å². The Kier molecular flexibility index (Phi) is 1.28. The van der Waals surface area contributed by atoms with Crippen LogP contribution in [0.5, 0.6) is 0 Å². The van der Waals surface area contributed by atoms with Gasteiger partial charge in [0.1, 0.15) is 5.82 Å². The van der Waals surface area contributed by atoms with E-state index >= 15 is 0 Å². The summed E-state index contributed by atoms with van der Waals surface area (Å²) < 4.78 is 0. The number of nitrogens with one attached hydrogen (secondary N) is 2. The third-order valence-electron chi connectivity index (χ3n) is 1.69. The molecule has 0 unspecified atom stereocenters. The van der Waals surface area contributed by atoms with Gasteiger partial charge in [-0.05, 0) is 6.07 Å². The molecule has 2 aromatic rings. The molecular weight excluding hydrogens is 138 g/mol. The van der Waals surface area contributed by atoms with Gasteiger partial charge in [-0.25, -0.2) is 4.98 Å². The van der Waals surface area contributed by atoms with Crippen molar-refractivity contribution in [2.24, 2.45) is 0 Å². The third-order valence-corrected chi connectivity index (χ3v) is 1.69. The number of hydrogen-bond donors (Lipinski definition) is 2. The predicted molar refractivity (Wildman–Crippen MR) is 45.6 cm³/mol. The zero-order valence-electron chi connectivity index (χ0n) is 6.26. The van der Waals surface area contributed by atoms with Crippen LogP contribution in [0.4, 0.5) is 5.82 Å². The second-order valence-electron chi connectivity index (χ2n) is 2.38. The van der Waals surface area contributed by atoms with Crippen LogP contribution in [0.2, 0.25) is 0 Å². The van der Waals surface area contributed by atoms with E-state index in [-0.39, 0.29) is 0 Å². The van der Waals surface area contributed by atoms with E-state index in [1.165, 1.54) is 0 Å². The minimum absolute atomic E-state index is 0.889. The molecule has 2 rings (SSSR count). The lowest BCUT2D eigenvalue weighted by atomic mass is 10.3. The van der Waals surface area contributed by atoms with Crippen LogP contribution in [0.15, 0.2) is 24.5 Å². The fourth-order valence-electron chi connectivity index (χ4n) is 1.08. The first-order valence-electron chi connectivity index (χ1n) is 3.51. The molecule has 0 aliphatic rings. The molecular formula is C8H9N3. The lowest BCUT2D eigenvalue weighted by Crippen LogP contribution is -1.90. The summed E-state index contributed by atoms with van der Waals surface area (Å²) in [7, 11) is 1.86. The minimum atomic E-state index is 0.889. The molecule has 0 bridgehead atoms. The average molecular weight is 147 g/mol. The zero-order chi connectivity index (χ0) is 7.68. The molecule has 0 atom stereocenters. The second-order valence-corrected chi connectivity index (χ2v) is 2.38. The summed E-state index contributed by atoms with van der Waals surface area (Å²) in [5.74, 6) is 0.889. The fraction of sp³-hybridized carbons (Fsp3) is 0.125. The third kappa shape index (κ3) is 0.941. The standard InChI is InChI=1S/C8H9N3/c1-9-8-4-7-6(5-11-8)2-3-10-7/h2-5,10H,1H3,(H,9,11). The van der Waals surface area contributed by atoms with Crippen LogP contribution < -0.4 is 5.32 Å². The number of fused-ring (bicyclic) bond motifs is 1. The molecule has 56 valence electrons. The maximum Gasteiger partial charge on any atom is 0.127 e. The Balaban J connectivity index is 2.67. The number of pyridine rings is 1. The van der Waals surface area contributed by atoms with E-state index in [0.29, 0.717) is 0 Å². The number of nitrogens with zero attached hydrogens (tertiary/aromatic N) is 1. The fourth-order valence-corrected chi connectivity index (χ4v) is 1.08. The Morgan fingerprint density at radius 3 is 3.27 bits per heavy atom. The minimum Gasteiger partial charge on any atom is -0.373 e. The molecule has 11 heavy (non-hydrogen) atoms. The number of anilines is 1. The summed E-state index contributed by atoms with van der Waals surface area (Å²) in [5.41, 5.74) is 1.12. The Morgan fingerprint density at radius 2 is 2.45 bits per heavy atom. The number of H-pyrrole nitrogens is 1. The molecule has 3 nitrogen and oxygen atoms in total. The van der Waals surface area contributed by atoms with Crippen molar-refractivity contribution in [3.63, 3.8) is 0 Å². The second kappa shape index (κ2) is 2.27. The number of aromatic amines is 1. The molecule has 0 spiro atoms. The van der Waals surface area contributed by atoms with Crippen molar-refractivity contribution in [3.8, 4) is 0 Å². The Labute approximate surface area is 64.5 Å². The van der Waals surface area contributed by atoms with Gasteiger partial charge in [0.2, 0.25) is 0 Å². The summed E-state index contributed by atoms with van der Waals surface area (Å²) in [6.45, 7) is 0. The number of hydrogen-bond acceptors (Lipinski definition) is 2. The molecule has 0 aliphatic carbocycles. The van der Waals surface area contributed by atoms with Gasteiger partial charge in [-0.1, -0.05) is 0 Å². The van der Waals surface area contributed by atoms with E-state index in [9.17, 15) is 0 Å². The lowest BCUT2D eigenvalue weighted by Gasteiger charge is -1.96. The van der Waals surface area contributed by atoms with Crippen molar-refractivity contribution >= 4 is 16.7 Å². The average Bonchev–Trinajstić information content (AvgIpc) is 2.50. The van der Waals surface area contributed by atoms with Gasteiger partial charge >= 0.3 is 0 Å². The maximum atomic E-state index is 4.17. The van der Waals surface area contributed by atoms with Gasteiger partial charge in [0.25, 0.3) is 0 Å². The van der Waals surface area contributed by atoms with Gasteiger partial charge in [0.15, 0.2) is 0 Å². The predicted octanol–water partition coefficient (Wildman–Crippen LogP) is 1.60. The molecule has 0 radical (unpaired) electrons. The van der Waals surface area contributed by atoms with E-state index in [1.54, 1.807) is 0 Å². The normalized spacial score (nSPS) is 10.3. The Hall–Kier alpha value is -1.51. The van der Waals surface area contributed by atoms with Crippen molar-refractivity contribution in [2.45, 2.75) is 0 Å². The highest BCUT2D eigenvalue weighted by Crippen LogP contribution is 2.13. The lowest BCUT2D eigenvalue weighted by molar-refractivity contribution is 1.31. The largest absolute Gasteiger partial charge is 0.373 e. The van der Waals surface area contributed by atoms with E-state index in [4.69, 9.17) is 0 Å². The van der Waals surface area contributed by atoms with Crippen molar-refractivity contribution in [3.05, 3.63) is 24.5 Å². The molecule has 2 aromatic heterocycles. The van der Waals surface area contributed by atoms with Crippen molar-refractivity contribution < 1.29 is 0 Å². The Morgan fingerprint density at radius 1 is 1.55 bits per heavy atom. The van der Waals surface area contributed by atoms with E-state index < -0.39 is 0 Å². The first-order valence-corrected chi connectivity index (χ1v) is 3.51. The van der Waals surface area contributed by atoms with Crippen LogP contribution in [0.3, 0.4) is 0 Å².